The summed E-state index contributed by atoms with van der Waals surface area (Å²) in [6, 6.07) is 0. The second-order valence-corrected chi connectivity index (χ2v) is 2.90. The Labute approximate surface area is 57.4 Å². The molecule has 0 aromatic carbocycles. The second-order valence-electron chi connectivity index (χ2n) is 2.90. The topological polar surface area (TPSA) is 3.24 Å². The normalized spacial score (nSPS) is 30.1. The van der Waals surface area contributed by atoms with Crippen molar-refractivity contribution in [1.82, 2.24) is 4.90 Å². The highest BCUT2D eigenvalue weighted by Crippen LogP contribution is 2.14. The molecule has 0 aliphatic carbocycles. The molecule has 0 unspecified atom stereocenters. The van der Waals surface area contributed by atoms with Gasteiger partial charge in [-0.3, -0.25) is 0 Å². The standard InChI is InChI=1S/C8H15N/c1-3-8-5-4-6-9(2)7-8/h3,8H,1,4-7H2,2H3/t8-/m0/s1. The van der Waals surface area contributed by atoms with Crippen LogP contribution in [0.1, 0.15) is 12.8 Å². The van der Waals surface area contributed by atoms with Crippen LogP contribution in [0, 0.1) is 5.92 Å². The summed E-state index contributed by atoms with van der Waals surface area (Å²) in [4.78, 5) is 2.37. The highest BCUT2D eigenvalue weighted by molar-refractivity contribution is 4.83. The smallest absolute Gasteiger partial charge is 0.00412 e. The van der Waals surface area contributed by atoms with Crippen molar-refractivity contribution in [3.8, 4) is 0 Å². The van der Waals surface area contributed by atoms with Crippen LogP contribution in [-0.2, 0) is 0 Å². The number of hydrogen-bond donors (Lipinski definition) is 0. The van der Waals surface area contributed by atoms with Crippen LogP contribution in [0.15, 0.2) is 12.7 Å². The van der Waals surface area contributed by atoms with E-state index in [0.717, 1.165) is 5.92 Å². The van der Waals surface area contributed by atoms with Crippen LogP contribution in [0.25, 0.3) is 0 Å². The first-order valence-electron chi connectivity index (χ1n) is 3.64. The molecule has 1 fully saturated rings. The van der Waals surface area contributed by atoms with Gasteiger partial charge in [-0.05, 0) is 32.4 Å². The van der Waals surface area contributed by atoms with Gasteiger partial charge in [-0.25, -0.2) is 0 Å². The van der Waals surface area contributed by atoms with Gasteiger partial charge in [-0.15, -0.1) is 6.58 Å². The molecule has 0 amide bonds. The van der Waals surface area contributed by atoms with Gasteiger partial charge < -0.3 is 4.90 Å². The lowest BCUT2D eigenvalue weighted by atomic mass is 9.99. The van der Waals surface area contributed by atoms with Crippen LogP contribution in [0.4, 0.5) is 0 Å². The molecule has 0 aromatic rings. The zero-order valence-corrected chi connectivity index (χ0v) is 6.14. The van der Waals surface area contributed by atoms with E-state index in [0.29, 0.717) is 0 Å². The van der Waals surface area contributed by atoms with E-state index in [2.05, 4.69) is 24.6 Å². The summed E-state index contributed by atoms with van der Waals surface area (Å²) >= 11 is 0. The van der Waals surface area contributed by atoms with Crippen molar-refractivity contribution in [2.24, 2.45) is 5.92 Å². The molecule has 0 N–H and O–H groups in total. The lowest BCUT2D eigenvalue weighted by Gasteiger charge is -2.27. The molecule has 1 atom stereocenters. The van der Waals surface area contributed by atoms with Crippen molar-refractivity contribution < 1.29 is 0 Å². The van der Waals surface area contributed by atoms with Gasteiger partial charge in [0.05, 0.1) is 0 Å². The highest BCUT2D eigenvalue weighted by atomic mass is 15.1. The highest BCUT2D eigenvalue weighted by Gasteiger charge is 2.12. The Morgan fingerprint density at radius 1 is 1.67 bits per heavy atom. The summed E-state index contributed by atoms with van der Waals surface area (Å²) in [5.74, 6) is 0.753. The molecule has 52 valence electrons. The van der Waals surface area contributed by atoms with Crippen molar-refractivity contribution in [2.75, 3.05) is 20.1 Å². The Morgan fingerprint density at radius 2 is 2.44 bits per heavy atom. The summed E-state index contributed by atoms with van der Waals surface area (Å²) in [5, 5.41) is 0. The van der Waals surface area contributed by atoms with Gasteiger partial charge >= 0.3 is 0 Å². The van der Waals surface area contributed by atoms with Gasteiger partial charge in [0, 0.05) is 6.54 Å². The lowest BCUT2D eigenvalue weighted by Crippen LogP contribution is -2.30. The third-order valence-corrected chi connectivity index (χ3v) is 1.99. The van der Waals surface area contributed by atoms with Crippen LogP contribution < -0.4 is 0 Å². The Morgan fingerprint density at radius 3 is 2.89 bits per heavy atom. The molecule has 1 aliphatic heterocycles. The van der Waals surface area contributed by atoms with Crippen molar-refractivity contribution in [3.05, 3.63) is 12.7 Å². The van der Waals surface area contributed by atoms with E-state index < -0.39 is 0 Å². The summed E-state index contributed by atoms with van der Waals surface area (Å²) in [6.45, 7) is 6.27. The minimum absolute atomic E-state index is 0.753. The second kappa shape index (κ2) is 3.02. The molecule has 9 heavy (non-hydrogen) atoms. The number of rotatable bonds is 1. The minimum atomic E-state index is 0.753. The molecule has 0 bridgehead atoms. The van der Waals surface area contributed by atoms with E-state index >= 15 is 0 Å². The molecule has 1 nitrogen and oxygen atoms in total. The fraction of sp³-hybridized carbons (Fsp3) is 0.750. The predicted octanol–water partition coefficient (Wildman–Crippen LogP) is 1.51. The summed E-state index contributed by atoms with van der Waals surface area (Å²) in [6.07, 6.45) is 4.76. The first kappa shape index (κ1) is 6.81. The molecule has 1 rings (SSSR count). The fourth-order valence-corrected chi connectivity index (χ4v) is 1.40. The molecule has 0 aromatic heterocycles. The van der Waals surface area contributed by atoms with Gasteiger partial charge in [0.15, 0.2) is 0 Å². The first-order chi connectivity index (χ1) is 4.33. The molecule has 1 heteroatoms. The average Bonchev–Trinajstić information content (AvgIpc) is 1.88. The van der Waals surface area contributed by atoms with Gasteiger partial charge in [0.25, 0.3) is 0 Å². The van der Waals surface area contributed by atoms with E-state index in [4.69, 9.17) is 0 Å². The number of nitrogens with zero attached hydrogens (tertiary/aromatic N) is 1. The van der Waals surface area contributed by atoms with E-state index in [1.54, 1.807) is 0 Å². The quantitative estimate of drug-likeness (QED) is 0.480. The maximum atomic E-state index is 3.79. The number of piperidine rings is 1. The molecule has 1 aliphatic rings. The van der Waals surface area contributed by atoms with Crippen LogP contribution >= 0.6 is 0 Å². The minimum Gasteiger partial charge on any atom is -0.306 e. The van der Waals surface area contributed by atoms with E-state index in [1.165, 1.54) is 25.9 Å². The molecule has 0 radical (unpaired) electrons. The SMILES string of the molecule is C=C[C@H]1CCCN(C)C1. The average molecular weight is 125 g/mol. The lowest BCUT2D eigenvalue weighted by molar-refractivity contribution is 0.237. The van der Waals surface area contributed by atoms with Gasteiger partial charge in [-0.1, -0.05) is 6.08 Å². The zero-order chi connectivity index (χ0) is 6.69. The predicted molar refractivity (Wildman–Crippen MR) is 40.4 cm³/mol. The van der Waals surface area contributed by atoms with Gasteiger partial charge in [-0.2, -0.15) is 0 Å². The Bertz CT molecular complexity index is 98.7. The number of hydrogen-bond acceptors (Lipinski definition) is 1. The van der Waals surface area contributed by atoms with E-state index in [-0.39, 0.29) is 0 Å². The van der Waals surface area contributed by atoms with Crippen LogP contribution in [0.3, 0.4) is 0 Å². The van der Waals surface area contributed by atoms with Crippen molar-refractivity contribution in [3.63, 3.8) is 0 Å². The van der Waals surface area contributed by atoms with Crippen LogP contribution in [0.5, 0.6) is 0 Å². The molecular weight excluding hydrogens is 110 g/mol. The van der Waals surface area contributed by atoms with E-state index in [9.17, 15) is 0 Å². The maximum absolute atomic E-state index is 3.79. The summed E-state index contributed by atoms with van der Waals surface area (Å²) < 4.78 is 0. The van der Waals surface area contributed by atoms with Gasteiger partial charge in [0.1, 0.15) is 0 Å². The molecule has 0 spiro atoms. The molecule has 1 saturated heterocycles. The fourth-order valence-electron chi connectivity index (χ4n) is 1.40. The maximum Gasteiger partial charge on any atom is 0.00412 e. The van der Waals surface area contributed by atoms with Crippen molar-refractivity contribution in [2.45, 2.75) is 12.8 Å². The van der Waals surface area contributed by atoms with Crippen LogP contribution in [0.2, 0.25) is 0 Å². The molecule has 1 heterocycles. The summed E-state index contributed by atoms with van der Waals surface area (Å²) in [7, 11) is 2.18. The Hall–Kier alpha value is -0.300. The van der Waals surface area contributed by atoms with Crippen molar-refractivity contribution >= 4 is 0 Å². The largest absolute Gasteiger partial charge is 0.306 e. The van der Waals surface area contributed by atoms with Crippen LogP contribution in [-0.4, -0.2) is 25.0 Å². The van der Waals surface area contributed by atoms with Gasteiger partial charge in [0.2, 0.25) is 0 Å². The van der Waals surface area contributed by atoms with E-state index in [1.807, 2.05) is 0 Å². The summed E-state index contributed by atoms with van der Waals surface area (Å²) in [5.41, 5.74) is 0. The molecular formula is C8H15N. The Balaban J connectivity index is 2.31. The van der Waals surface area contributed by atoms with Crippen molar-refractivity contribution in [1.29, 1.82) is 0 Å². The Kier molecular flexibility index (Phi) is 2.29. The third-order valence-electron chi connectivity index (χ3n) is 1.99. The monoisotopic (exact) mass is 125 g/mol. The molecule has 0 saturated carbocycles. The zero-order valence-electron chi connectivity index (χ0n) is 6.14. The number of likely N-dealkylation sites (tertiary alicyclic amines) is 1. The third kappa shape index (κ3) is 1.83. The first-order valence-corrected chi connectivity index (χ1v) is 3.64.